The van der Waals surface area contributed by atoms with Crippen molar-refractivity contribution in [1.29, 1.82) is 0 Å². The third-order valence-electron chi connectivity index (χ3n) is 7.36. The summed E-state index contributed by atoms with van der Waals surface area (Å²) in [6, 6.07) is 9.79. The molecule has 2 aromatic carbocycles. The number of benzene rings is 2. The topological polar surface area (TPSA) is 135 Å². The van der Waals surface area contributed by atoms with Gasteiger partial charge in [0, 0.05) is 35.7 Å². The maximum Gasteiger partial charge on any atom is 0.247 e. The fourth-order valence-corrected chi connectivity index (χ4v) is 5.45. The second kappa shape index (κ2) is 12.5. The number of methoxy groups -OCH3 is 2. The van der Waals surface area contributed by atoms with Crippen molar-refractivity contribution in [1.82, 2.24) is 10.2 Å². The number of fused-ring (bicyclic) bond motifs is 3. The van der Waals surface area contributed by atoms with Gasteiger partial charge < -0.3 is 34.6 Å². The average molecular weight is 553 g/mol. The first-order valence-electron chi connectivity index (χ1n) is 13.3. The number of para-hydroxylation sites is 1. The minimum atomic E-state index is -1.20. The second-order valence-corrected chi connectivity index (χ2v) is 10.2. The first-order chi connectivity index (χ1) is 19.2. The lowest BCUT2D eigenvalue weighted by Gasteiger charge is -2.41. The van der Waals surface area contributed by atoms with Crippen molar-refractivity contribution in [2.75, 3.05) is 33.9 Å². The summed E-state index contributed by atoms with van der Waals surface area (Å²) in [6.45, 7) is 3.58. The number of ether oxygens (including phenoxy) is 3. The molecule has 1 aliphatic heterocycles. The molecule has 2 aromatic rings. The molecule has 0 fully saturated rings. The van der Waals surface area contributed by atoms with Gasteiger partial charge in [-0.3, -0.25) is 14.4 Å². The van der Waals surface area contributed by atoms with Gasteiger partial charge in [-0.15, -0.1) is 0 Å². The van der Waals surface area contributed by atoms with Crippen LogP contribution in [0.1, 0.15) is 41.3 Å². The summed E-state index contributed by atoms with van der Waals surface area (Å²) in [7, 11) is 3.03. The smallest absolute Gasteiger partial charge is 0.247 e. The molecular formula is C30H36N2O8. The van der Waals surface area contributed by atoms with Crippen LogP contribution in [0.4, 0.5) is 0 Å². The molecule has 1 heterocycles. The number of aliphatic hydroxyl groups is 2. The minimum Gasteiger partial charge on any atom is -0.496 e. The maximum absolute atomic E-state index is 13.5. The van der Waals surface area contributed by atoms with Crippen molar-refractivity contribution in [2.45, 2.75) is 44.4 Å². The van der Waals surface area contributed by atoms with Crippen LogP contribution in [0.2, 0.25) is 0 Å². The van der Waals surface area contributed by atoms with Crippen LogP contribution in [-0.4, -0.2) is 85.4 Å². The minimum absolute atomic E-state index is 0.0225. The molecule has 3 N–H and O–H groups in total. The lowest BCUT2D eigenvalue weighted by Crippen LogP contribution is -2.56. The molecule has 40 heavy (non-hydrogen) atoms. The van der Waals surface area contributed by atoms with E-state index in [-0.39, 0.29) is 37.1 Å². The summed E-state index contributed by atoms with van der Waals surface area (Å²) < 4.78 is 17.2. The van der Waals surface area contributed by atoms with E-state index in [2.05, 4.69) is 5.32 Å². The van der Waals surface area contributed by atoms with Gasteiger partial charge in [0.15, 0.2) is 11.5 Å². The first-order valence-corrected chi connectivity index (χ1v) is 13.3. The van der Waals surface area contributed by atoms with Crippen molar-refractivity contribution < 1.29 is 38.8 Å². The quantitative estimate of drug-likeness (QED) is 0.360. The zero-order valence-electron chi connectivity index (χ0n) is 23.1. The lowest BCUT2D eigenvalue weighted by atomic mass is 9.77. The highest BCUT2D eigenvalue weighted by molar-refractivity contribution is 5.96. The molecular weight excluding hydrogens is 516 g/mol. The molecule has 10 heteroatoms. The molecule has 1 aliphatic carbocycles. The number of hydrogen-bond donors (Lipinski definition) is 3. The Labute approximate surface area is 233 Å². The van der Waals surface area contributed by atoms with E-state index >= 15 is 0 Å². The summed E-state index contributed by atoms with van der Waals surface area (Å²) >= 11 is 0. The molecule has 0 radical (unpaired) electrons. The average Bonchev–Trinajstić information content (AvgIpc) is 3.36. The Bertz CT molecular complexity index is 1290. The van der Waals surface area contributed by atoms with E-state index in [1.165, 1.54) is 13.2 Å². The number of nitrogens with zero attached hydrogens (tertiary/aromatic N) is 1. The van der Waals surface area contributed by atoms with Crippen LogP contribution in [-0.2, 0) is 16.0 Å². The fourth-order valence-electron chi connectivity index (χ4n) is 5.45. The predicted molar refractivity (Wildman–Crippen MR) is 147 cm³/mol. The molecule has 0 aromatic heterocycles. The van der Waals surface area contributed by atoms with Gasteiger partial charge in [0.2, 0.25) is 11.8 Å². The lowest BCUT2D eigenvalue weighted by molar-refractivity contribution is -0.140. The molecule has 2 amide bonds. The van der Waals surface area contributed by atoms with E-state index < -0.39 is 30.1 Å². The zero-order chi connectivity index (χ0) is 29.0. The SMILES string of the molecule is COc1ccccc1CCN(C(=O)C(C)C)C1C=C(C(=O)NCCO)C2c3cc(C=O)cc(OC)c3OC2C1O. The molecule has 4 rings (SSSR count). The Morgan fingerprint density at radius 3 is 2.52 bits per heavy atom. The normalized spacial score (nSPS) is 21.0. The maximum atomic E-state index is 13.5. The molecule has 0 spiro atoms. The van der Waals surface area contributed by atoms with Gasteiger partial charge in [-0.25, -0.2) is 0 Å². The third-order valence-corrected chi connectivity index (χ3v) is 7.36. The third kappa shape index (κ3) is 5.55. The largest absolute Gasteiger partial charge is 0.496 e. The Morgan fingerprint density at radius 1 is 1.15 bits per heavy atom. The van der Waals surface area contributed by atoms with E-state index in [0.29, 0.717) is 41.1 Å². The number of amides is 2. The molecule has 0 saturated heterocycles. The first kappa shape index (κ1) is 29.1. The molecule has 0 saturated carbocycles. The number of carbonyl (C=O) groups excluding carboxylic acids is 3. The van der Waals surface area contributed by atoms with Gasteiger partial charge in [-0.05, 0) is 36.3 Å². The van der Waals surface area contributed by atoms with Crippen molar-refractivity contribution in [2.24, 2.45) is 5.92 Å². The monoisotopic (exact) mass is 552 g/mol. The van der Waals surface area contributed by atoms with E-state index in [9.17, 15) is 24.6 Å². The highest BCUT2D eigenvalue weighted by Gasteiger charge is 2.51. The standard InChI is InChI=1S/C30H36N2O8/c1-17(2)30(37)32(11-9-19-7-5-6-8-23(19)38-3)22-15-21(29(36)31-10-12-33)25-20-13-18(16-34)14-24(39-4)27(20)40-28(25)26(22)35/h5-8,13-17,22,25-26,28,33,35H,9-12H2,1-4H3,(H,31,36). The Morgan fingerprint density at radius 2 is 1.88 bits per heavy atom. The number of aldehydes is 1. The number of nitrogens with one attached hydrogen (secondary N) is 1. The van der Waals surface area contributed by atoms with Gasteiger partial charge in [0.05, 0.1) is 32.8 Å². The number of aliphatic hydroxyl groups excluding tert-OH is 2. The van der Waals surface area contributed by atoms with E-state index in [0.717, 1.165) is 5.56 Å². The van der Waals surface area contributed by atoms with E-state index in [1.807, 2.05) is 24.3 Å². The number of rotatable bonds is 11. The molecule has 214 valence electrons. The Kier molecular flexibility index (Phi) is 9.11. The van der Waals surface area contributed by atoms with Gasteiger partial charge in [-0.2, -0.15) is 0 Å². The zero-order valence-corrected chi connectivity index (χ0v) is 23.1. The summed E-state index contributed by atoms with van der Waals surface area (Å²) in [6.07, 6.45) is 0.617. The second-order valence-electron chi connectivity index (χ2n) is 10.2. The van der Waals surface area contributed by atoms with E-state index in [4.69, 9.17) is 14.2 Å². The highest BCUT2D eigenvalue weighted by Crippen LogP contribution is 2.51. The van der Waals surface area contributed by atoms with Gasteiger partial charge in [0.25, 0.3) is 0 Å². The summed E-state index contributed by atoms with van der Waals surface area (Å²) in [4.78, 5) is 40.2. The van der Waals surface area contributed by atoms with Crippen molar-refractivity contribution in [3.63, 3.8) is 0 Å². The van der Waals surface area contributed by atoms with Crippen LogP contribution in [0.3, 0.4) is 0 Å². The molecule has 2 aliphatic rings. The van der Waals surface area contributed by atoms with E-state index in [1.54, 1.807) is 38.0 Å². The van der Waals surface area contributed by atoms with Crippen molar-refractivity contribution in [3.05, 3.63) is 64.7 Å². The van der Waals surface area contributed by atoms with Gasteiger partial charge in [0.1, 0.15) is 24.2 Å². The summed E-state index contributed by atoms with van der Waals surface area (Å²) in [5.74, 6) is -0.428. The van der Waals surface area contributed by atoms with Crippen molar-refractivity contribution in [3.8, 4) is 17.2 Å². The summed E-state index contributed by atoms with van der Waals surface area (Å²) in [5.41, 5.74) is 2.04. The number of hydrogen-bond acceptors (Lipinski definition) is 8. The molecule has 4 unspecified atom stereocenters. The molecule has 4 atom stereocenters. The Hall–Kier alpha value is -3.89. The van der Waals surface area contributed by atoms with Crippen LogP contribution < -0.4 is 19.5 Å². The van der Waals surface area contributed by atoms with Gasteiger partial charge in [-0.1, -0.05) is 32.0 Å². The van der Waals surface area contributed by atoms with Crippen molar-refractivity contribution >= 4 is 18.1 Å². The predicted octanol–water partition coefficient (Wildman–Crippen LogP) is 1.87. The number of carbonyl (C=O) groups is 3. The fraction of sp³-hybridized carbons (Fsp3) is 0.433. The van der Waals surface area contributed by atoms with Crippen LogP contribution in [0.15, 0.2) is 48.0 Å². The molecule has 0 bridgehead atoms. The van der Waals surface area contributed by atoms with Crippen LogP contribution in [0, 0.1) is 5.92 Å². The Balaban J connectivity index is 1.78. The van der Waals surface area contributed by atoms with Crippen LogP contribution in [0.25, 0.3) is 0 Å². The van der Waals surface area contributed by atoms with Crippen LogP contribution >= 0.6 is 0 Å². The molecule has 10 nitrogen and oxygen atoms in total. The summed E-state index contributed by atoms with van der Waals surface area (Å²) in [5, 5.41) is 23.7. The van der Waals surface area contributed by atoms with Crippen LogP contribution in [0.5, 0.6) is 17.2 Å². The van der Waals surface area contributed by atoms with Gasteiger partial charge >= 0.3 is 0 Å². The highest BCUT2D eigenvalue weighted by atomic mass is 16.5.